The molecule has 6 nitrogen and oxygen atoms in total. The monoisotopic (exact) mass is 291 g/mol. The van der Waals surface area contributed by atoms with E-state index in [1.807, 2.05) is 6.92 Å². The summed E-state index contributed by atoms with van der Waals surface area (Å²) in [6.45, 7) is 2.58. The number of halogens is 1. The molecule has 0 bridgehead atoms. The lowest BCUT2D eigenvalue weighted by Crippen LogP contribution is -2.04. The van der Waals surface area contributed by atoms with E-state index in [-0.39, 0.29) is 17.3 Å². The molecule has 0 amide bonds. The van der Waals surface area contributed by atoms with Crippen LogP contribution in [0.15, 0.2) is 36.4 Å². The van der Waals surface area contributed by atoms with Crippen LogP contribution in [0.3, 0.4) is 0 Å². The SMILES string of the molecule is CCCNc1cc([N+](=O)[O-])cc(Oc2ccccc2F)n1. The van der Waals surface area contributed by atoms with Crippen molar-refractivity contribution in [2.24, 2.45) is 0 Å². The molecule has 0 saturated carbocycles. The zero-order valence-electron chi connectivity index (χ0n) is 11.4. The number of benzene rings is 1. The Morgan fingerprint density at radius 2 is 2.14 bits per heavy atom. The molecule has 0 atom stereocenters. The largest absolute Gasteiger partial charge is 0.436 e. The normalized spacial score (nSPS) is 10.2. The van der Waals surface area contributed by atoms with E-state index in [1.54, 1.807) is 6.07 Å². The highest BCUT2D eigenvalue weighted by atomic mass is 19.1. The third-order valence-corrected chi connectivity index (χ3v) is 2.60. The Labute approximate surface area is 120 Å². The Morgan fingerprint density at radius 3 is 2.81 bits per heavy atom. The van der Waals surface area contributed by atoms with Crippen molar-refractivity contribution in [3.05, 3.63) is 52.3 Å². The molecule has 21 heavy (non-hydrogen) atoms. The van der Waals surface area contributed by atoms with Crippen molar-refractivity contribution in [1.29, 1.82) is 0 Å². The Bertz CT molecular complexity index is 649. The summed E-state index contributed by atoms with van der Waals surface area (Å²) < 4.78 is 18.8. The average Bonchev–Trinajstić information content (AvgIpc) is 2.47. The molecule has 1 N–H and O–H groups in total. The zero-order chi connectivity index (χ0) is 15.2. The van der Waals surface area contributed by atoms with Crippen LogP contribution in [0, 0.1) is 15.9 Å². The summed E-state index contributed by atoms with van der Waals surface area (Å²) >= 11 is 0. The van der Waals surface area contributed by atoms with Gasteiger partial charge < -0.3 is 10.1 Å². The molecule has 0 saturated heterocycles. The summed E-state index contributed by atoms with van der Waals surface area (Å²) in [7, 11) is 0. The predicted octanol–water partition coefficient (Wildman–Crippen LogP) is 3.74. The molecule has 0 aliphatic carbocycles. The fraction of sp³-hybridized carbons (Fsp3) is 0.214. The van der Waals surface area contributed by atoms with Gasteiger partial charge in [-0.3, -0.25) is 10.1 Å². The van der Waals surface area contributed by atoms with Crippen LogP contribution in [-0.2, 0) is 0 Å². The predicted molar refractivity (Wildman–Crippen MR) is 76.1 cm³/mol. The van der Waals surface area contributed by atoms with Crippen molar-refractivity contribution in [2.75, 3.05) is 11.9 Å². The second-order valence-corrected chi connectivity index (χ2v) is 4.27. The zero-order valence-corrected chi connectivity index (χ0v) is 11.4. The second-order valence-electron chi connectivity index (χ2n) is 4.27. The Hall–Kier alpha value is -2.70. The lowest BCUT2D eigenvalue weighted by Gasteiger charge is -2.08. The second kappa shape index (κ2) is 6.65. The van der Waals surface area contributed by atoms with Crippen LogP contribution in [-0.4, -0.2) is 16.5 Å². The quantitative estimate of drug-likeness (QED) is 0.648. The first-order chi connectivity index (χ1) is 10.1. The topological polar surface area (TPSA) is 77.3 Å². The lowest BCUT2D eigenvalue weighted by atomic mass is 10.3. The summed E-state index contributed by atoms with van der Waals surface area (Å²) in [5, 5.41) is 13.9. The maximum atomic E-state index is 13.5. The van der Waals surface area contributed by atoms with Crippen LogP contribution in [0.5, 0.6) is 11.6 Å². The molecule has 1 aromatic carbocycles. The lowest BCUT2D eigenvalue weighted by molar-refractivity contribution is -0.384. The minimum atomic E-state index is -0.561. The number of nitrogens with one attached hydrogen (secondary N) is 1. The first-order valence-electron chi connectivity index (χ1n) is 6.43. The van der Waals surface area contributed by atoms with Gasteiger partial charge in [0.15, 0.2) is 11.6 Å². The highest BCUT2D eigenvalue weighted by molar-refractivity contribution is 5.49. The van der Waals surface area contributed by atoms with Crippen molar-refractivity contribution in [3.63, 3.8) is 0 Å². The molecule has 1 heterocycles. The van der Waals surface area contributed by atoms with E-state index in [4.69, 9.17) is 4.74 Å². The van der Waals surface area contributed by atoms with Gasteiger partial charge in [-0.25, -0.2) is 4.39 Å². The van der Waals surface area contributed by atoms with Crippen LogP contribution in [0.1, 0.15) is 13.3 Å². The number of nitro groups is 1. The molecule has 1 aromatic heterocycles. The number of hydrogen-bond donors (Lipinski definition) is 1. The van der Waals surface area contributed by atoms with Crippen molar-refractivity contribution in [2.45, 2.75) is 13.3 Å². The molecule has 0 radical (unpaired) electrons. The van der Waals surface area contributed by atoms with Crippen LogP contribution < -0.4 is 10.1 Å². The van der Waals surface area contributed by atoms with Gasteiger partial charge in [0.25, 0.3) is 5.69 Å². The Morgan fingerprint density at radius 1 is 1.38 bits per heavy atom. The highest BCUT2D eigenvalue weighted by Crippen LogP contribution is 2.27. The van der Waals surface area contributed by atoms with Gasteiger partial charge >= 0.3 is 0 Å². The number of para-hydroxylation sites is 1. The Balaban J connectivity index is 2.31. The fourth-order valence-electron chi connectivity index (χ4n) is 1.63. The number of rotatable bonds is 6. The van der Waals surface area contributed by atoms with E-state index < -0.39 is 10.7 Å². The third kappa shape index (κ3) is 3.88. The summed E-state index contributed by atoms with van der Waals surface area (Å²) in [6, 6.07) is 8.26. The minimum Gasteiger partial charge on any atom is -0.436 e. The van der Waals surface area contributed by atoms with Crippen LogP contribution in [0.25, 0.3) is 0 Å². The van der Waals surface area contributed by atoms with Gasteiger partial charge in [0.2, 0.25) is 5.88 Å². The molecule has 0 fully saturated rings. The molecule has 0 aliphatic heterocycles. The van der Waals surface area contributed by atoms with Gasteiger partial charge in [0, 0.05) is 6.54 Å². The number of hydrogen-bond acceptors (Lipinski definition) is 5. The highest BCUT2D eigenvalue weighted by Gasteiger charge is 2.13. The van der Waals surface area contributed by atoms with Crippen LogP contribution >= 0.6 is 0 Å². The van der Waals surface area contributed by atoms with Crippen molar-refractivity contribution >= 4 is 11.5 Å². The maximum Gasteiger partial charge on any atom is 0.278 e. The molecule has 110 valence electrons. The fourth-order valence-corrected chi connectivity index (χ4v) is 1.63. The number of anilines is 1. The van der Waals surface area contributed by atoms with E-state index in [9.17, 15) is 14.5 Å². The molecule has 2 rings (SSSR count). The molecular formula is C14H14FN3O3. The van der Waals surface area contributed by atoms with Crippen molar-refractivity contribution < 1.29 is 14.1 Å². The molecule has 7 heteroatoms. The molecule has 0 spiro atoms. The summed E-state index contributed by atoms with van der Waals surface area (Å²) in [5.41, 5.74) is -0.171. The van der Waals surface area contributed by atoms with Crippen LogP contribution in [0.4, 0.5) is 15.9 Å². The van der Waals surface area contributed by atoms with Crippen LogP contribution in [0.2, 0.25) is 0 Å². The standard InChI is InChI=1S/C14H14FN3O3/c1-2-7-16-13-8-10(18(19)20)9-14(17-13)21-12-6-4-3-5-11(12)15/h3-6,8-9H,2,7H2,1H3,(H,16,17). The van der Waals surface area contributed by atoms with Gasteiger partial charge in [-0.05, 0) is 18.6 Å². The number of pyridine rings is 1. The number of aromatic nitrogens is 1. The maximum absolute atomic E-state index is 13.5. The van der Waals surface area contributed by atoms with E-state index in [1.165, 1.54) is 24.3 Å². The average molecular weight is 291 g/mol. The molecule has 0 unspecified atom stereocenters. The van der Waals surface area contributed by atoms with Gasteiger partial charge in [0.1, 0.15) is 5.82 Å². The van der Waals surface area contributed by atoms with E-state index in [0.29, 0.717) is 12.4 Å². The summed E-state index contributed by atoms with van der Waals surface area (Å²) in [5.74, 6) is -0.314. The van der Waals surface area contributed by atoms with E-state index in [2.05, 4.69) is 10.3 Å². The first-order valence-corrected chi connectivity index (χ1v) is 6.43. The molecule has 0 aliphatic rings. The number of ether oxygens (including phenoxy) is 1. The Kier molecular flexibility index (Phi) is 4.65. The van der Waals surface area contributed by atoms with Gasteiger partial charge in [-0.1, -0.05) is 19.1 Å². The molecule has 2 aromatic rings. The van der Waals surface area contributed by atoms with Gasteiger partial charge in [0.05, 0.1) is 17.1 Å². The summed E-state index contributed by atoms with van der Waals surface area (Å²) in [6.07, 6.45) is 0.841. The third-order valence-electron chi connectivity index (χ3n) is 2.60. The van der Waals surface area contributed by atoms with Gasteiger partial charge in [-0.15, -0.1) is 0 Å². The minimum absolute atomic E-state index is 0.0343. The smallest absolute Gasteiger partial charge is 0.278 e. The van der Waals surface area contributed by atoms with E-state index in [0.717, 1.165) is 12.5 Å². The summed E-state index contributed by atoms with van der Waals surface area (Å²) in [4.78, 5) is 14.5. The van der Waals surface area contributed by atoms with E-state index >= 15 is 0 Å². The van der Waals surface area contributed by atoms with Crippen molar-refractivity contribution in [3.8, 4) is 11.6 Å². The van der Waals surface area contributed by atoms with Crippen molar-refractivity contribution in [1.82, 2.24) is 4.98 Å². The molecular weight excluding hydrogens is 277 g/mol. The first kappa shape index (κ1) is 14.7. The van der Waals surface area contributed by atoms with Gasteiger partial charge in [-0.2, -0.15) is 4.98 Å². The number of nitrogens with zero attached hydrogens (tertiary/aromatic N) is 2.